The Kier molecular flexibility index (Phi) is 5.45. The van der Waals surface area contributed by atoms with Crippen molar-refractivity contribution in [1.29, 1.82) is 0 Å². The van der Waals surface area contributed by atoms with Crippen molar-refractivity contribution in [2.75, 3.05) is 12.3 Å². The van der Waals surface area contributed by atoms with Crippen LogP contribution < -0.4 is 16.4 Å². The van der Waals surface area contributed by atoms with Crippen LogP contribution in [0.15, 0.2) is 36.4 Å². The lowest BCUT2D eigenvalue weighted by Crippen LogP contribution is -2.32. The average molecular weight is 380 g/mol. The van der Waals surface area contributed by atoms with Crippen LogP contribution in [-0.2, 0) is 0 Å². The summed E-state index contributed by atoms with van der Waals surface area (Å²) in [4.78, 5) is 24.8. The minimum absolute atomic E-state index is 0.0136. The fraction of sp³-hybridized carbons (Fsp3) is 0.391. The van der Waals surface area contributed by atoms with Crippen LogP contribution in [0.4, 0.5) is 5.69 Å². The number of hydrogen-bond acceptors (Lipinski definition) is 3. The van der Waals surface area contributed by atoms with Gasteiger partial charge in [0.1, 0.15) is 0 Å². The van der Waals surface area contributed by atoms with Crippen molar-refractivity contribution in [3.8, 4) is 11.1 Å². The maximum absolute atomic E-state index is 12.4. The molecule has 148 valence electrons. The Hall–Kier alpha value is -2.82. The Morgan fingerprint density at radius 3 is 2.25 bits per heavy atom. The Balaban J connectivity index is 1.83. The number of benzene rings is 2. The average Bonchev–Trinajstić information content (AvgIpc) is 3.43. The summed E-state index contributed by atoms with van der Waals surface area (Å²) in [6, 6.07) is 11.3. The molecule has 5 heteroatoms. The minimum Gasteiger partial charge on any atom is -0.398 e. The molecule has 0 bridgehead atoms. The van der Waals surface area contributed by atoms with Crippen molar-refractivity contribution in [2.45, 2.75) is 46.6 Å². The molecule has 1 aliphatic rings. The third kappa shape index (κ3) is 4.91. The number of carbonyl (C=O) groups excluding carboxylic acids is 2. The number of hydrogen-bond donors (Lipinski definition) is 3. The molecule has 2 aromatic carbocycles. The standard InChI is InChI=1S/C23H29N3O2/c1-14-5-6-15(22(28)26-17-8-9-17)11-19(14)18-10-7-16(12-20(18)24)21(27)25-13-23(2,3)4/h5-7,10-12,17H,8-9,13,24H2,1-4H3,(H,25,27)(H,26,28). The van der Waals surface area contributed by atoms with E-state index in [0.29, 0.717) is 29.4 Å². The summed E-state index contributed by atoms with van der Waals surface area (Å²) < 4.78 is 0. The van der Waals surface area contributed by atoms with Crippen LogP contribution >= 0.6 is 0 Å². The van der Waals surface area contributed by atoms with Gasteiger partial charge < -0.3 is 16.4 Å². The maximum Gasteiger partial charge on any atom is 0.251 e. The topological polar surface area (TPSA) is 84.2 Å². The third-order valence-electron chi connectivity index (χ3n) is 4.80. The van der Waals surface area contributed by atoms with Gasteiger partial charge in [0.2, 0.25) is 0 Å². The lowest BCUT2D eigenvalue weighted by Gasteiger charge is -2.19. The molecule has 1 saturated carbocycles. The maximum atomic E-state index is 12.4. The zero-order chi connectivity index (χ0) is 20.5. The second kappa shape index (κ2) is 7.66. The zero-order valence-electron chi connectivity index (χ0n) is 17.1. The summed E-state index contributed by atoms with van der Waals surface area (Å²) in [5.74, 6) is -0.192. The van der Waals surface area contributed by atoms with E-state index < -0.39 is 0 Å². The molecule has 28 heavy (non-hydrogen) atoms. The number of nitrogen functional groups attached to an aromatic ring is 1. The molecule has 0 spiro atoms. The highest BCUT2D eigenvalue weighted by molar-refractivity contribution is 5.98. The van der Waals surface area contributed by atoms with Crippen LogP contribution in [0, 0.1) is 12.3 Å². The van der Waals surface area contributed by atoms with Crippen molar-refractivity contribution in [3.63, 3.8) is 0 Å². The van der Waals surface area contributed by atoms with E-state index in [1.807, 2.05) is 31.2 Å². The van der Waals surface area contributed by atoms with Crippen LogP contribution in [-0.4, -0.2) is 24.4 Å². The van der Waals surface area contributed by atoms with Gasteiger partial charge in [-0.3, -0.25) is 9.59 Å². The minimum atomic E-state index is -0.137. The molecule has 1 aliphatic carbocycles. The Bertz CT molecular complexity index is 909. The molecular weight excluding hydrogens is 350 g/mol. The summed E-state index contributed by atoms with van der Waals surface area (Å²) in [6.45, 7) is 8.78. The van der Waals surface area contributed by atoms with Crippen molar-refractivity contribution in [2.24, 2.45) is 5.41 Å². The van der Waals surface area contributed by atoms with Gasteiger partial charge in [0.25, 0.3) is 11.8 Å². The predicted molar refractivity (Wildman–Crippen MR) is 113 cm³/mol. The van der Waals surface area contributed by atoms with E-state index in [1.165, 1.54) is 0 Å². The van der Waals surface area contributed by atoms with Crippen LogP contribution in [0.3, 0.4) is 0 Å². The number of amides is 2. The number of rotatable bonds is 5. The second-order valence-electron chi connectivity index (χ2n) is 8.82. The number of nitrogens with two attached hydrogens (primary N) is 1. The largest absolute Gasteiger partial charge is 0.398 e. The first-order valence-electron chi connectivity index (χ1n) is 9.74. The van der Waals surface area contributed by atoms with E-state index >= 15 is 0 Å². The number of carbonyl (C=O) groups is 2. The molecule has 0 aromatic heterocycles. The highest BCUT2D eigenvalue weighted by Gasteiger charge is 2.24. The predicted octanol–water partition coefficient (Wildman–Crippen LogP) is 3.91. The van der Waals surface area contributed by atoms with Crippen LogP contribution in [0.2, 0.25) is 0 Å². The monoisotopic (exact) mass is 379 g/mol. The lowest BCUT2D eigenvalue weighted by molar-refractivity contribution is 0.0935. The first-order valence-corrected chi connectivity index (χ1v) is 9.74. The van der Waals surface area contributed by atoms with E-state index in [4.69, 9.17) is 5.73 Å². The summed E-state index contributed by atoms with van der Waals surface area (Å²) in [7, 11) is 0. The highest BCUT2D eigenvalue weighted by atomic mass is 16.2. The summed E-state index contributed by atoms with van der Waals surface area (Å²) >= 11 is 0. The first-order chi connectivity index (χ1) is 13.1. The van der Waals surface area contributed by atoms with Gasteiger partial charge in [0, 0.05) is 35.0 Å². The van der Waals surface area contributed by atoms with Gasteiger partial charge in [-0.2, -0.15) is 0 Å². The molecule has 0 saturated heterocycles. The molecule has 0 heterocycles. The van der Waals surface area contributed by atoms with E-state index in [2.05, 4.69) is 31.4 Å². The zero-order valence-corrected chi connectivity index (χ0v) is 17.1. The van der Waals surface area contributed by atoms with E-state index in [-0.39, 0.29) is 17.2 Å². The normalized spacial score (nSPS) is 13.9. The molecule has 2 amide bonds. The Labute approximate surface area is 166 Å². The van der Waals surface area contributed by atoms with E-state index in [1.54, 1.807) is 12.1 Å². The molecule has 2 aromatic rings. The quantitative estimate of drug-likeness (QED) is 0.689. The van der Waals surface area contributed by atoms with Gasteiger partial charge in [-0.15, -0.1) is 0 Å². The SMILES string of the molecule is Cc1ccc(C(=O)NC2CC2)cc1-c1ccc(C(=O)NCC(C)(C)C)cc1N. The summed E-state index contributed by atoms with van der Waals surface area (Å²) in [5.41, 5.74) is 10.7. The molecule has 0 unspecified atom stereocenters. The highest BCUT2D eigenvalue weighted by Crippen LogP contribution is 2.31. The third-order valence-corrected chi connectivity index (χ3v) is 4.80. The smallest absolute Gasteiger partial charge is 0.251 e. The molecule has 4 N–H and O–H groups in total. The van der Waals surface area contributed by atoms with Gasteiger partial charge in [0.15, 0.2) is 0 Å². The summed E-state index contributed by atoms with van der Waals surface area (Å²) in [5, 5.41) is 5.95. The Morgan fingerprint density at radius 2 is 1.64 bits per heavy atom. The summed E-state index contributed by atoms with van der Waals surface area (Å²) in [6.07, 6.45) is 2.10. The molecule has 1 fully saturated rings. The van der Waals surface area contributed by atoms with Gasteiger partial charge in [0.05, 0.1) is 0 Å². The number of nitrogens with one attached hydrogen (secondary N) is 2. The van der Waals surface area contributed by atoms with Gasteiger partial charge >= 0.3 is 0 Å². The van der Waals surface area contributed by atoms with Crippen LogP contribution in [0.1, 0.15) is 59.9 Å². The van der Waals surface area contributed by atoms with Crippen molar-refractivity contribution in [1.82, 2.24) is 10.6 Å². The van der Waals surface area contributed by atoms with Gasteiger partial charge in [-0.05, 0) is 60.6 Å². The molecule has 5 nitrogen and oxygen atoms in total. The van der Waals surface area contributed by atoms with Crippen LogP contribution in [0.25, 0.3) is 11.1 Å². The van der Waals surface area contributed by atoms with Gasteiger partial charge in [-0.25, -0.2) is 0 Å². The van der Waals surface area contributed by atoms with E-state index in [9.17, 15) is 9.59 Å². The van der Waals surface area contributed by atoms with Crippen LogP contribution in [0.5, 0.6) is 0 Å². The molecule has 0 aliphatic heterocycles. The number of aryl methyl sites for hydroxylation is 1. The van der Waals surface area contributed by atoms with Crippen molar-refractivity contribution >= 4 is 17.5 Å². The molecular formula is C23H29N3O2. The lowest BCUT2D eigenvalue weighted by atomic mass is 9.95. The Morgan fingerprint density at radius 1 is 1.00 bits per heavy atom. The van der Waals surface area contributed by atoms with Crippen molar-refractivity contribution in [3.05, 3.63) is 53.1 Å². The van der Waals surface area contributed by atoms with Gasteiger partial charge in [-0.1, -0.05) is 32.9 Å². The first kappa shape index (κ1) is 19.9. The fourth-order valence-corrected chi connectivity index (χ4v) is 2.95. The van der Waals surface area contributed by atoms with Crippen molar-refractivity contribution < 1.29 is 9.59 Å². The number of anilines is 1. The molecule has 3 rings (SSSR count). The molecule has 0 atom stereocenters. The molecule has 0 radical (unpaired) electrons. The fourth-order valence-electron chi connectivity index (χ4n) is 2.95. The second-order valence-corrected chi connectivity index (χ2v) is 8.82. The van der Waals surface area contributed by atoms with E-state index in [0.717, 1.165) is 29.5 Å².